The Morgan fingerprint density at radius 3 is 2.64 bits per heavy atom. The molecule has 0 aliphatic rings. The summed E-state index contributed by atoms with van der Waals surface area (Å²) in [4.78, 5) is 18.6. The molecule has 0 radical (unpaired) electrons. The number of hydrogen-bond acceptors (Lipinski definition) is 4. The average molecular weight is 334 g/mol. The predicted octanol–water partition coefficient (Wildman–Crippen LogP) is 3.65. The second-order valence-electron chi connectivity index (χ2n) is 6.04. The Balaban J connectivity index is 2.17. The van der Waals surface area contributed by atoms with Gasteiger partial charge in [-0.2, -0.15) is 5.26 Å². The zero-order chi connectivity index (χ0) is 18.2. The van der Waals surface area contributed by atoms with Crippen molar-refractivity contribution in [2.24, 2.45) is 0 Å². The van der Waals surface area contributed by atoms with Crippen molar-refractivity contribution < 1.29 is 4.79 Å². The molecule has 0 aliphatic carbocycles. The first-order chi connectivity index (χ1) is 12.0. The summed E-state index contributed by atoms with van der Waals surface area (Å²) in [7, 11) is 0. The Labute approximate surface area is 148 Å². The number of nitrogens with one attached hydrogen (secondary N) is 1. The molecule has 25 heavy (non-hydrogen) atoms. The first kappa shape index (κ1) is 18.2. The van der Waals surface area contributed by atoms with Crippen LogP contribution in [0, 0.1) is 18.3 Å². The molecule has 0 saturated heterocycles. The van der Waals surface area contributed by atoms with Crippen LogP contribution >= 0.6 is 0 Å². The van der Waals surface area contributed by atoms with Gasteiger partial charge in [0.05, 0.1) is 0 Å². The maximum absolute atomic E-state index is 12.8. The van der Waals surface area contributed by atoms with E-state index in [-0.39, 0.29) is 17.5 Å². The monoisotopic (exact) mass is 334 g/mol. The molecule has 5 heteroatoms. The number of hydrogen-bond donors (Lipinski definition) is 1. The number of carbonyl (C=O) groups excluding carboxylic acids is 1. The van der Waals surface area contributed by atoms with Gasteiger partial charge in [-0.3, -0.25) is 4.79 Å². The van der Waals surface area contributed by atoms with E-state index in [1.807, 2.05) is 69.3 Å². The van der Waals surface area contributed by atoms with E-state index in [2.05, 4.69) is 10.3 Å². The van der Waals surface area contributed by atoms with Crippen LogP contribution in [0.15, 0.2) is 60.4 Å². The predicted molar refractivity (Wildman–Crippen MR) is 98.4 cm³/mol. The summed E-state index contributed by atoms with van der Waals surface area (Å²) in [5, 5.41) is 12.3. The minimum Gasteiger partial charge on any atom is -0.345 e. The van der Waals surface area contributed by atoms with Crippen LogP contribution in [0.3, 0.4) is 0 Å². The summed E-state index contributed by atoms with van der Waals surface area (Å²) in [6.07, 6.45) is 3.10. The Morgan fingerprint density at radius 2 is 2.04 bits per heavy atom. The Hall–Kier alpha value is -3.13. The van der Waals surface area contributed by atoms with Gasteiger partial charge >= 0.3 is 0 Å². The molecule has 0 fully saturated rings. The third-order valence-corrected chi connectivity index (χ3v) is 3.71. The van der Waals surface area contributed by atoms with Gasteiger partial charge in [0.15, 0.2) is 0 Å². The molecule has 1 N–H and O–H groups in total. The van der Waals surface area contributed by atoms with Crippen molar-refractivity contribution in [3.8, 4) is 6.07 Å². The van der Waals surface area contributed by atoms with Crippen LogP contribution in [0.25, 0.3) is 0 Å². The van der Waals surface area contributed by atoms with Crippen LogP contribution in [0.5, 0.6) is 0 Å². The van der Waals surface area contributed by atoms with Crippen molar-refractivity contribution in [3.05, 3.63) is 71.6 Å². The molecule has 1 amide bonds. The number of aryl methyl sites for hydroxylation is 1. The molecule has 0 bridgehead atoms. The van der Waals surface area contributed by atoms with Crippen LogP contribution in [-0.4, -0.2) is 21.8 Å². The van der Waals surface area contributed by atoms with Gasteiger partial charge < -0.3 is 10.2 Å². The van der Waals surface area contributed by atoms with E-state index in [0.29, 0.717) is 12.4 Å². The molecule has 2 aromatic rings. The molecule has 0 aliphatic heterocycles. The molecule has 0 spiro atoms. The highest BCUT2D eigenvalue weighted by molar-refractivity contribution is 5.97. The first-order valence-corrected chi connectivity index (χ1v) is 8.15. The van der Waals surface area contributed by atoms with Crippen LogP contribution in [0.2, 0.25) is 0 Å². The number of anilines is 1. The number of pyridine rings is 1. The van der Waals surface area contributed by atoms with Crippen LogP contribution in [0.1, 0.15) is 25.0 Å². The van der Waals surface area contributed by atoms with E-state index in [9.17, 15) is 10.1 Å². The van der Waals surface area contributed by atoms with Gasteiger partial charge in [-0.25, -0.2) is 4.98 Å². The summed E-state index contributed by atoms with van der Waals surface area (Å²) in [5.41, 5.74) is 2.12. The largest absolute Gasteiger partial charge is 0.345 e. The van der Waals surface area contributed by atoms with E-state index in [1.165, 1.54) is 6.20 Å². The van der Waals surface area contributed by atoms with Gasteiger partial charge in [0.25, 0.3) is 5.91 Å². The van der Waals surface area contributed by atoms with Gasteiger partial charge in [0.2, 0.25) is 0 Å². The van der Waals surface area contributed by atoms with Gasteiger partial charge in [-0.15, -0.1) is 0 Å². The van der Waals surface area contributed by atoms with Crippen molar-refractivity contribution in [2.75, 3.05) is 5.32 Å². The van der Waals surface area contributed by atoms with Crippen molar-refractivity contribution in [1.82, 2.24) is 9.88 Å². The van der Waals surface area contributed by atoms with Gasteiger partial charge in [0, 0.05) is 25.0 Å². The molecular formula is C20H22N4O. The smallest absolute Gasteiger partial charge is 0.266 e. The standard InChI is InChI=1S/C20H22N4O/c1-15(2)24(14-17-7-5-4-6-8-17)20(25)18(12-21)13-23-19-11-16(3)9-10-22-19/h4-11,13,15H,14H2,1-3H3,(H,22,23)/b18-13-. The molecule has 2 rings (SSSR count). The van der Waals surface area contributed by atoms with Crippen LogP contribution in [-0.2, 0) is 11.3 Å². The second-order valence-corrected chi connectivity index (χ2v) is 6.04. The van der Waals surface area contributed by atoms with E-state index in [1.54, 1.807) is 11.1 Å². The lowest BCUT2D eigenvalue weighted by Gasteiger charge is -2.26. The fourth-order valence-electron chi connectivity index (χ4n) is 2.33. The Morgan fingerprint density at radius 1 is 1.32 bits per heavy atom. The molecule has 5 nitrogen and oxygen atoms in total. The highest BCUT2D eigenvalue weighted by atomic mass is 16.2. The fourth-order valence-corrected chi connectivity index (χ4v) is 2.33. The lowest BCUT2D eigenvalue weighted by atomic mass is 10.1. The summed E-state index contributed by atoms with van der Waals surface area (Å²) >= 11 is 0. The van der Waals surface area contributed by atoms with Crippen molar-refractivity contribution in [3.63, 3.8) is 0 Å². The van der Waals surface area contributed by atoms with Gasteiger partial charge in [-0.1, -0.05) is 30.3 Å². The fraction of sp³-hybridized carbons (Fsp3) is 0.250. The number of benzene rings is 1. The minimum atomic E-state index is -0.304. The number of rotatable bonds is 6. The highest BCUT2D eigenvalue weighted by Gasteiger charge is 2.21. The molecule has 0 atom stereocenters. The Bertz CT molecular complexity index is 791. The third-order valence-electron chi connectivity index (χ3n) is 3.71. The van der Waals surface area contributed by atoms with Gasteiger partial charge in [-0.05, 0) is 44.0 Å². The van der Waals surface area contributed by atoms with Gasteiger partial charge in [0.1, 0.15) is 17.5 Å². The number of nitrogens with zero attached hydrogens (tertiary/aromatic N) is 3. The van der Waals surface area contributed by atoms with E-state index < -0.39 is 0 Å². The number of amides is 1. The molecule has 1 heterocycles. The lowest BCUT2D eigenvalue weighted by molar-refractivity contribution is -0.129. The van der Waals surface area contributed by atoms with Crippen molar-refractivity contribution in [2.45, 2.75) is 33.4 Å². The molecule has 1 aromatic carbocycles. The molecule has 128 valence electrons. The number of nitriles is 1. The molecule has 0 saturated carbocycles. The normalized spacial score (nSPS) is 11.1. The summed E-state index contributed by atoms with van der Waals surface area (Å²) in [6, 6.07) is 15.4. The summed E-state index contributed by atoms with van der Waals surface area (Å²) < 4.78 is 0. The summed E-state index contributed by atoms with van der Waals surface area (Å²) in [5.74, 6) is 0.293. The molecule has 0 unspecified atom stereocenters. The second kappa shape index (κ2) is 8.65. The van der Waals surface area contributed by atoms with Crippen LogP contribution in [0.4, 0.5) is 5.82 Å². The molecular weight excluding hydrogens is 312 g/mol. The zero-order valence-corrected chi connectivity index (χ0v) is 14.7. The third kappa shape index (κ3) is 5.18. The molecule has 1 aromatic heterocycles. The number of carbonyl (C=O) groups is 1. The van der Waals surface area contributed by atoms with E-state index >= 15 is 0 Å². The van der Waals surface area contributed by atoms with Crippen molar-refractivity contribution >= 4 is 11.7 Å². The number of aromatic nitrogens is 1. The van der Waals surface area contributed by atoms with E-state index in [4.69, 9.17) is 0 Å². The average Bonchev–Trinajstić information content (AvgIpc) is 2.60. The first-order valence-electron chi connectivity index (χ1n) is 8.15. The van der Waals surface area contributed by atoms with E-state index in [0.717, 1.165) is 11.1 Å². The minimum absolute atomic E-state index is 0.0263. The maximum Gasteiger partial charge on any atom is 0.266 e. The summed E-state index contributed by atoms with van der Waals surface area (Å²) in [6.45, 7) is 6.28. The van der Waals surface area contributed by atoms with Crippen LogP contribution < -0.4 is 5.32 Å². The quantitative estimate of drug-likeness (QED) is 0.647. The zero-order valence-electron chi connectivity index (χ0n) is 14.7. The Kier molecular flexibility index (Phi) is 6.30. The van der Waals surface area contributed by atoms with Crippen molar-refractivity contribution in [1.29, 1.82) is 5.26 Å². The highest BCUT2D eigenvalue weighted by Crippen LogP contribution is 2.13. The SMILES string of the molecule is Cc1ccnc(N/C=C(/C#N)C(=O)N(Cc2ccccc2)C(C)C)c1. The maximum atomic E-state index is 12.8. The lowest BCUT2D eigenvalue weighted by Crippen LogP contribution is -2.37. The topological polar surface area (TPSA) is 69.0 Å².